The summed E-state index contributed by atoms with van der Waals surface area (Å²) < 4.78 is 2.06. The molecule has 4 nitrogen and oxygen atoms in total. The summed E-state index contributed by atoms with van der Waals surface area (Å²) in [7, 11) is 0. The standard InChI is InChI=1S/C22H27N3O/c23-12-6-14-24-15-19(18-9-2-4-11-21(18)24)22(26)16-25-13-5-8-17-7-1-3-10-20(17)25/h2,4,9,11,15,17,20H,1,3,5-8,10,13-14,16H2. The lowest BCUT2D eigenvalue weighted by atomic mass is 9.78. The van der Waals surface area contributed by atoms with Crippen LogP contribution in [0.5, 0.6) is 0 Å². The fourth-order valence-electron chi connectivity index (χ4n) is 5.02. The smallest absolute Gasteiger partial charge is 0.178 e. The SMILES string of the molecule is N#CCCn1cc(C(=O)CN2CCCC3CCCCC32)c2ccccc21. The van der Waals surface area contributed by atoms with Crippen LogP contribution >= 0.6 is 0 Å². The number of piperidine rings is 1. The van der Waals surface area contributed by atoms with Gasteiger partial charge in [-0.2, -0.15) is 5.26 Å². The molecule has 2 unspecified atom stereocenters. The van der Waals surface area contributed by atoms with Gasteiger partial charge in [-0.25, -0.2) is 0 Å². The van der Waals surface area contributed by atoms with E-state index in [0.29, 0.717) is 25.6 Å². The van der Waals surface area contributed by atoms with E-state index in [1.165, 1.54) is 38.5 Å². The van der Waals surface area contributed by atoms with E-state index in [1.807, 2.05) is 30.5 Å². The van der Waals surface area contributed by atoms with Crippen LogP contribution in [0.1, 0.15) is 55.3 Å². The Morgan fingerprint density at radius 1 is 1.15 bits per heavy atom. The minimum atomic E-state index is 0.225. The number of hydrogen-bond acceptors (Lipinski definition) is 3. The van der Waals surface area contributed by atoms with Crippen molar-refractivity contribution < 1.29 is 4.79 Å². The number of nitrogens with zero attached hydrogens (tertiary/aromatic N) is 3. The molecule has 1 aromatic heterocycles. The molecule has 2 heterocycles. The Balaban J connectivity index is 1.57. The van der Waals surface area contributed by atoms with Crippen LogP contribution in [0.25, 0.3) is 10.9 Å². The summed E-state index contributed by atoms with van der Waals surface area (Å²) in [6.45, 7) is 2.23. The first-order chi connectivity index (χ1) is 12.8. The molecule has 26 heavy (non-hydrogen) atoms. The molecule has 0 amide bonds. The van der Waals surface area contributed by atoms with Gasteiger partial charge in [-0.05, 0) is 44.2 Å². The maximum atomic E-state index is 13.2. The number of carbonyl (C=O) groups is 1. The Hall–Kier alpha value is -2.12. The zero-order chi connectivity index (χ0) is 17.9. The average molecular weight is 349 g/mol. The van der Waals surface area contributed by atoms with Crippen molar-refractivity contribution in [1.82, 2.24) is 9.47 Å². The first kappa shape index (κ1) is 17.3. The Morgan fingerprint density at radius 3 is 2.85 bits per heavy atom. The van der Waals surface area contributed by atoms with Crippen LogP contribution in [0.15, 0.2) is 30.5 Å². The quantitative estimate of drug-likeness (QED) is 0.752. The van der Waals surface area contributed by atoms with Gasteiger partial charge in [0.05, 0.1) is 19.0 Å². The first-order valence-corrected chi connectivity index (χ1v) is 10.00. The lowest BCUT2D eigenvalue weighted by Crippen LogP contribution is -2.48. The summed E-state index contributed by atoms with van der Waals surface area (Å²) in [5, 5.41) is 9.93. The molecule has 4 heteroatoms. The van der Waals surface area contributed by atoms with Gasteiger partial charge in [-0.3, -0.25) is 9.69 Å². The number of para-hydroxylation sites is 1. The molecule has 0 bridgehead atoms. The summed E-state index contributed by atoms with van der Waals surface area (Å²) in [6, 6.07) is 10.9. The van der Waals surface area contributed by atoms with Gasteiger partial charge in [0.15, 0.2) is 5.78 Å². The number of Topliss-reactive ketones (excluding diaryl/α,β-unsaturated/α-hetero) is 1. The molecule has 2 aliphatic rings. The van der Waals surface area contributed by atoms with Crippen LogP contribution in [-0.2, 0) is 6.54 Å². The van der Waals surface area contributed by atoms with Crippen molar-refractivity contribution in [2.75, 3.05) is 13.1 Å². The van der Waals surface area contributed by atoms with Crippen LogP contribution in [0.3, 0.4) is 0 Å². The second-order valence-electron chi connectivity index (χ2n) is 7.81. The number of ketones is 1. The van der Waals surface area contributed by atoms with Gasteiger partial charge < -0.3 is 4.57 Å². The third-order valence-electron chi connectivity index (χ3n) is 6.26. The number of hydrogen-bond donors (Lipinski definition) is 0. The molecule has 1 saturated heterocycles. The highest BCUT2D eigenvalue weighted by Crippen LogP contribution is 2.35. The van der Waals surface area contributed by atoms with Crippen molar-refractivity contribution >= 4 is 16.7 Å². The van der Waals surface area contributed by atoms with Crippen LogP contribution in [0, 0.1) is 17.2 Å². The molecule has 0 N–H and O–H groups in total. The maximum absolute atomic E-state index is 13.2. The molecule has 1 saturated carbocycles. The van der Waals surface area contributed by atoms with Crippen LogP contribution in [-0.4, -0.2) is 34.4 Å². The molecule has 1 aromatic carbocycles. The van der Waals surface area contributed by atoms with Gasteiger partial charge in [-0.1, -0.05) is 31.0 Å². The molecular weight excluding hydrogens is 322 g/mol. The molecule has 2 aromatic rings. The molecule has 0 spiro atoms. The number of aromatic nitrogens is 1. The predicted molar refractivity (Wildman–Crippen MR) is 103 cm³/mol. The van der Waals surface area contributed by atoms with Crippen molar-refractivity contribution in [3.8, 4) is 6.07 Å². The van der Waals surface area contributed by atoms with E-state index in [1.54, 1.807) is 0 Å². The third-order valence-corrected chi connectivity index (χ3v) is 6.26. The average Bonchev–Trinajstić information content (AvgIpc) is 3.05. The van der Waals surface area contributed by atoms with Gasteiger partial charge in [0.25, 0.3) is 0 Å². The monoisotopic (exact) mass is 349 g/mol. The predicted octanol–water partition coefficient (Wildman–Crippen LogP) is 4.39. The number of rotatable bonds is 5. The topological polar surface area (TPSA) is 49.0 Å². The Labute approximate surface area is 155 Å². The second kappa shape index (κ2) is 7.63. The number of nitriles is 1. The van der Waals surface area contributed by atoms with Crippen molar-refractivity contribution in [1.29, 1.82) is 5.26 Å². The summed E-state index contributed by atoms with van der Waals surface area (Å²) in [5.41, 5.74) is 1.87. The van der Waals surface area contributed by atoms with E-state index in [2.05, 4.69) is 15.5 Å². The van der Waals surface area contributed by atoms with E-state index in [0.717, 1.165) is 28.9 Å². The Kier molecular flexibility index (Phi) is 5.08. The zero-order valence-electron chi connectivity index (χ0n) is 15.4. The van der Waals surface area contributed by atoms with Gasteiger partial charge >= 0.3 is 0 Å². The Morgan fingerprint density at radius 2 is 1.96 bits per heavy atom. The fourth-order valence-corrected chi connectivity index (χ4v) is 5.02. The highest BCUT2D eigenvalue weighted by Gasteiger charge is 2.34. The number of fused-ring (bicyclic) bond motifs is 2. The van der Waals surface area contributed by atoms with Crippen LogP contribution < -0.4 is 0 Å². The zero-order valence-corrected chi connectivity index (χ0v) is 15.4. The maximum Gasteiger partial charge on any atom is 0.178 e. The van der Waals surface area contributed by atoms with E-state index in [4.69, 9.17) is 5.26 Å². The molecule has 2 atom stereocenters. The van der Waals surface area contributed by atoms with Crippen LogP contribution in [0.2, 0.25) is 0 Å². The van der Waals surface area contributed by atoms with Gasteiger partial charge in [0.2, 0.25) is 0 Å². The second-order valence-corrected chi connectivity index (χ2v) is 7.81. The highest BCUT2D eigenvalue weighted by molar-refractivity contribution is 6.09. The van der Waals surface area contributed by atoms with E-state index >= 15 is 0 Å². The molecule has 136 valence electrons. The minimum Gasteiger partial charge on any atom is -0.346 e. The highest BCUT2D eigenvalue weighted by atomic mass is 16.1. The molecule has 0 radical (unpaired) electrons. The van der Waals surface area contributed by atoms with Gasteiger partial charge in [0, 0.05) is 35.2 Å². The normalized spacial score (nSPS) is 23.5. The fraction of sp³-hybridized carbons (Fsp3) is 0.545. The molecular formula is C22H27N3O. The van der Waals surface area contributed by atoms with Crippen LogP contribution in [0.4, 0.5) is 0 Å². The number of benzene rings is 1. The lowest BCUT2D eigenvalue weighted by molar-refractivity contribution is 0.0540. The van der Waals surface area contributed by atoms with Crippen molar-refractivity contribution in [3.05, 3.63) is 36.0 Å². The summed E-state index contributed by atoms with van der Waals surface area (Å²) in [6.07, 6.45) is 10.2. The number of carbonyl (C=O) groups excluding carboxylic acids is 1. The van der Waals surface area contributed by atoms with Gasteiger partial charge in [0.1, 0.15) is 0 Å². The lowest BCUT2D eigenvalue weighted by Gasteiger charge is -2.43. The summed E-state index contributed by atoms with van der Waals surface area (Å²) >= 11 is 0. The third kappa shape index (κ3) is 3.29. The molecule has 1 aliphatic heterocycles. The summed E-state index contributed by atoms with van der Waals surface area (Å²) in [4.78, 5) is 15.6. The first-order valence-electron chi connectivity index (χ1n) is 10.00. The van der Waals surface area contributed by atoms with Crippen molar-refractivity contribution in [2.45, 2.75) is 57.5 Å². The van der Waals surface area contributed by atoms with E-state index in [9.17, 15) is 4.79 Å². The van der Waals surface area contributed by atoms with E-state index in [-0.39, 0.29) is 5.78 Å². The number of aryl methyl sites for hydroxylation is 1. The molecule has 1 aliphatic carbocycles. The summed E-state index contributed by atoms with van der Waals surface area (Å²) in [5.74, 6) is 1.02. The molecule has 4 rings (SSSR count). The minimum absolute atomic E-state index is 0.225. The van der Waals surface area contributed by atoms with Crippen molar-refractivity contribution in [2.24, 2.45) is 5.92 Å². The van der Waals surface area contributed by atoms with E-state index < -0.39 is 0 Å². The van der Waals surface area contributed by atoms with Crippen molar-refractivity contribution in [3.63, 3.8) is 0 Å². The largest absolute Gasteiger partial charge is 0.346 e. The van der Waals surface area contributed by atoms with Gasteiger partial charge in [-0.15, -0.1) is 0 Å². The molecule has 2 fully saturated rings. The number of likely N-dealkylation sites (tertiary alicyclic amines) is 1. The Bertz CT molecular complexity index is 830.